The Balaban J connectivity index is 1.95. The van der Waals surface area contributed by atoms with Crippen LogP contribution >= 0.6 is 27.7 Å². The Morgan fingerprint density at radius 3 is 2.71 bits per heavy atom. The average molecular weight is 271 g/mol. The lowest BCUT2D eigenvalue weighted by atomic mass is 10.4. The van der Waals surface area contributed by atoms with E-state index in [9.17, 15) is 0 Å². The molecule has 0 saturated heterocycles. The fraction of sp³-hybridized carbons (Fsp3) is 0.111. The molecule has 14 heavy (non-hydrogen) atoms. The smallest absolute Gasteiger partial charge is 0.238 e. The Morgan fingerprint density at radius 1 is 1.29 bits per heavy atom. The molecular weight excluding hydrogens is 264 g/mol. The summed E-state index contributed by atoms with van der Waals surface area (Å²) in [7, 11) is 0. The molecule has 0 fully saturated rings. The Hall–Kier alpha value is -0.810. The number of nitrogens with zero attached hydrogens (tertiary/aromatic N) is 2. The first kappa shape index (κ1) is 9.73. The SMILES string of the molecule is Brc1noc(CSc2ccccc2)n1. The number of aromatic nitrogens is 2. The minimum Gasteiger partial charge on any atom is -0.338 e. The second kappa shape index (κ2) is 4.61. The van der Waals surface area contributed by atoms with Gasteiger partial charge in [0.15, 0.2) is 0 Å². The normalized spacial score (nSPS) is 10.4. The van der Waals surface area contributed by atoms with Gasteiger partial charge in [0.1, 0.15) is 0 Å². The van der Waals surface area contributed by atoms with Gasteiger partial charge in [-0.05, 0) is 33.2 Å². The fourth-order valence-corrected chi connectivity index (χ4v) is 1.98. The van der Waals surface area contributed by atoms with Crippen molar-refractivity contribution in [1.82, 2.24) is 10.1 Å². The number of hydrogen-bond donors (Lipinski definition) is 0. The minimum absolute atomic E-state index is 0.501. The van der Waals surface area contributed by atoms with Crippen LogP contribution in [0.4, 0.5) is 0 Å². The highest BCUT2D eigenvalue weighted by Gasteiger charge is 2.03. The molecule has 0 spiro atoms. The molecule has 0 amide bonds. The third-order valence-corrected chi connectivity index (χ3v) is 2.87. The summed E-state index contributed by atoms with van der Waals surface area (Å²) in [6.45, 7) is 0. The summed E-state index contributed by atoms with van der Waals surface area (Å²) < 4.78 is 5.46. The van der Waals surface area contributed by atoms with Crippen molar-refractivity contribution in [2.75, 3.05) is 0 Å². The number of thioether (sulfide) groups is 1. The predicted octanol–water partition coefficient (Wildman–Crippen LogP) is 3.12. The third-order valence-electron chi connectivity index (χ3n) is 1.55. The molecule has 1 heterocycles. The third kappa shape index (κ3) is 2.59. The maximum absolute atomic E-state index is 4.96. The van der Waals surface area contributed by atoms with E-state index in [-0.39, 0.29) is 0 Å². The molecule has 0 radical (unpaired) electrons. The first-order valence-corrected chi connectivity index (χ1v) is 5.78. The molecule has 2 rings (SSSR count). The van der Waals surface area contributed by atoms with Gasteiger partial charge in [-0.3, -0.25) is 0 Å². The Morgan fingerprint density at radius 2 is 2.07 bits per heavy atom. The fourth-order valence-electron chi connectivity index (χ4n) is 0.954. The van der Waals surface area contributed by atoms with Crippen LogP contribution in [0.25, 0.3) is 0 Å². The van der Waals surface area contributed by atoms with E-state index in [0.29, 0.717) is 16.4 Å². The van der Waals surface area contributed by atoms with Crippen molar-refractivity contribution in [1.29, 1.82) is 0 Å². The summed E-state index contributed by atoms with van der Waals surface area (Å²) in [5, 5.41) is 3.65. The van der Waals surface area contributed by atoms with E-state index in [4.69, 9.17) is 4.52 Å². The van der Waals surface area contributed by atoms with Gasteiger partial charge in [-0.25, -0.2) is 0 Å². The molecule has 0 bridgehead atoms. The molecule has 0 aliphatic rings. The molecule has 0 saturated carbocycles. The summed E-state index contributed by atoms with van der Waals surface area (Å²) in [4.78, 5) is 5.24. The van der Waals surface area contributed by atoms with Gasteiger partial charge in [0, 0.05) is 4.90 Å². The van der Waals surface area contributed by atoms with Crippen LogP contribution in [-0.2, 0) is 5.75 Å². The van der Waals surface area contributed by atoms with E-state index in [1.807, 2.05) is 18.2 Å². The molecule has 72 valence electrons. The second-order valence-electron chi connectivity index (χ2n) is 2.56. The standard InChI is InChI=1S/C9H7BrN2OS/c10-9-11-8(13-12-9)6-14-7-4-2-1-3-5-7/h1-5H,6H2. The van der Waals surface area contributed by atoms with Gasteiger partial charge in [-0.2, -0.15) is 4.98 Å². The molecular formula is C9H7BrN2OS. The summed E-state index contributed by atoms with van der Waals surface area (Å²) in [6, 6.07) is 10.1. The number of halogens is 1. The van der Waals surface area contributed by atoms with Gasteiger partial charge >= 0.3 is 0 Å². The number of benzene rings is 1. The Labute approximate surface area is 94.0 Å². The van der Waals surface area contributed by atoms with Crippen LogP contribution in [-0.4, -0.2) is 10.1 Å². The number of hydrogen-bond acceptors (Lipinski definition) is 4. The highest BCUT2D eigenvalue weighted by atomic mass is 79.9. The van der Waals surface area contributed by atoms with E-state index in [1.54, 1.807) is 11.8 Å². The van der Waals surface area contributed by atoms with Crippen molar-refractivity contribution >= 4 is 27.7 Å². The van der Waals surface area contributed by atoms with Gasteiger partial charge in [0.05, 0.1) is 5.75 Å². The molecule has 0 N–H and O–H groups in total. The highest BCUT2D eigenvalue weighted by Crippen LogP contribution is 2.21. The van der Waals surface area contributed by atoms with Gasteiger partial charge in [0.25, 0.3) is 0 Å². The minimum atomic E-state index is 0.501. The van der Waals surface area contributed by atoms with Gasteiger partial charge in [-0.1, -0.05) is 18.2 Å². The van der Waals surface area contributed by atoms with E-state index in [0.717, 1.165) is 0 Å². The molecule has 1 aromatic carbocycles. The lowest BCUT2D eigenvalue weighted by Crippen LogP contribution is -1.79. The van der Waals surface area contributed by atoms with E-state index < -0.39 is 0 Å². The Kier molecular flexibility index (Phi) is 3.21. The van der Waals surface area contributed by atoms with Crippen LogP contribution in [0.5, 0.6) is 0 Å². The lowest BCUT2D eigenvalue weighted by Gasteiger charge is -1.95. The predicted molar refractivity (Wildman–Crippen MR) is 58.0 cm³/mol. The van der Waals surface area contributed by atoms with Crippen LogP contribution in [0.3, 0.4) is 0 Å². The first-order chi connectivity index (χ1) is 6.84. The Bertz CT molecular complexity index is 404. The quantitative estimate of drug-likeness (QED) is 0.804. The molecule has 2 aromatic rings. The summed E-state index contributed by atoms with van der Waals surface area (Å²) in [6.07, 6.45) is 0. The van der Waals surface area contributed by atoms with Crippen LogP contribution in [0, 0.1) is 0 Å². The summed E-state index contributed by atoms with van der Waals surface area (Å²) in [5.41, 5.74) is 0. The zero-order valence-corrected chi connectivity index (χ0v) is 9.59. The maximum atomic E-state index is 4.96. The molecule has 0 aliphatic heterocycles. The van der Waals surface area contributed by atoms with Crippen molar-refractivity contribution in [2.24, 2.45) is 0 Å². The maximum Gasteiger partial charge on any atom is 0.238 e. The lowest BCUT2D eigenvalue weighted by molar-refractivity contribution is 0.387. The van der Waals surface area contributed by atoms with Crippen LogP contribution < -0.4 is 0 Å². The van der Waals surface area contributed by atoms with E-state index in [2.05, 4.69) is 38.2 Å². The first-order valence-electron chi connectivity index (χ1n) is 4.00. The zero-order chi connectivity index (χ0) is 9.80. The summed E-state index contributed by atoms with van der Waals surface area (Å²) in [5.74, 6) is 1.33. The van der Waals surface area contributed by atoms with Crippen molar-refractivity contribution in [3.8, 4) is 0 Å². The van der Waals surface area contributed by atoms with Crippen molar-refractivity contribution in [2.45, 2.75) is 10.6 Å². The van der Waals surface area contributed by atoms with E-state index >= 15 is 0 Å². The largest absolute Gasteiger partial charge is 0.338 e. The van der Waals surface area contributed by atoms with Crippen LogP contribution in [0.15, 0.2) is 44.5 Å². The molecule has 3 nitrogen and oxygen atoms in total. The molecule has 0 atom stereocenters. The molecule has 5 heteroatoms. The summed E-state index contributed by atoms with van der Waals surface area (Å²) >= 11 is 4.80. The molecule has 1 aromatic heterocycles. The van der Waals surface area contributed by atoms with Crippen molar-refractivity contribution < 1.29 is 4.52 Å². The highest BCUT2D eigenvalue weighted by molar-refractivity contribution is 9.10. The van der Waals surface area contributed by atoms with Gasteiger partial charge in [-0.15, -0.1) is 11.8 Å². The molecule has 0 unspecified atom stereocenters. The number of rotatable bonds is 3. The topological polar surface area (TPSA) is 38.9 Å². The van der Waals surface area contributed by atoms with Crippen LogP contribution in [0.2, 0.25) is 0 Å². The van der Waals surface area contributed by atoms with Crippen molar-refractivity contribution in [3.63, 3.8) is 0 Å². The zero-order valence-electron chi connectivity index (χ0n) is 7.18. The van der Waals surface area contributed by atoms with Gasteiger partial charge < -0.3 is 4.52 Å². The molecule has 0 aliphatic carbocycles. The van der Waals surface area contributed by atoms with E-state index in [1.165, 1.54) is 4.90 Å². The monoisotopic (exact) mass is 270 g/mol. The van der Waals surface area contributed by atoms with Crippen molar-refractivity contribution in [3.05, 3.63) is 41.0 Å². The second-order valence-corrected chi connectivity index (χ2v) is 4.32. The average Bonchev–Trinajstić information content (AvgIpc) is 2.63. The van der Waals surface area contributed by atoms with Gasteiger partial charge in [0.2, 0.25) is 10.6 Å². The van der Waals surface area contributed by atoms with Crippen LogP contribution in [0.1, 0.15) is 5.89 Å².